The number of hydrogen-bond donors (Lipinski definition) is 2. The van der Waals surface area contributed by atoms with Crippen LogP contribution in [-0.2, 0) is 0 Å². The number of benzene rings is 2. The maximum Gasteiger partial charge on any atom is 0.259 e. The van der Waals surface area contributed by atoms with Gasteiger partial charge in [0.05, 0.1) is 16.6 Å². The van der Waals surface area contributed by atoms with Gasteiger partial charge in [0.25, 0.3) is 5.56 Å². The molecule has 0 aliphatic heterocycles. The van der Waals surface area contributed by atoms with Gasteiger partial charge in [0.15, 0.2) is 5.82 Å². The summed E-state index contributed by atoms with van der Waals surface area (Å²) in [6.07, 6.45) is 4.11. The minimum atomic E-state index is -0.140. The van der Waals surface area contributed by atoms with Gasteiger partial charge in [-0.15, -0.1) is 0 Å². The molecule has 0 aliphatic carbocycles. The van der Waals surface area contributed by atoms with Crippen LogP contribution in [0.4, 0.5) is 0 Å². The second-order valence-electron chi connectivity index (χ2n) is 7.66. The van der Waals surface area contributed by atoms with Gasteiger partial charge in [-0.25, -0.2) is 4.98 Å². The Labute approximate surface area is 182 Å². The lowest BCUT2D eigenvalue weighted by atomic mass is 10.1. The molecule has 0 saturated carbocycles. The van der Waals surface area contributed by atoms with Crippen molar-refractivity contribution in [2.45, 2.75) is 26.7 Å². The van der Waals surface area contributed by atoms with Crippen molar-refractivity contribution in [3.63, 3.8) is 0 Å². The number of fused-ring (bicyclic) bond motifs is 2. The Balaban J connectivity index is 1.62. The number of rotatable bonds is 9. The SMILES string of the molecule is CCN(CC)CCCCN=Cc1c(-c2nc3ccccc3c(=O)[nH]2)[nH]c2ccccc12. The molecule has 0 atom stereocenters. The standard InChI is InChI=1S/C25H29N5O/c1-3-30(4-2)16-10-9-15-26-17-20-18-11-5-7-13-21(18)27-23(20)24-28-22-14-8-6-12-19(22)25(31)29-24/h5-8,11-14,17,27H,3-4,9-10,15-16H2,1-2H3,(H,28,29,31). The van der Waals surface area contributed by atoms with Gasteiger partial charge in [-0.05, 0) is 50.7 Å². The van der Waals surface area contributed by atoms with Crippen molar-refractivity contribution < 1.29 is 0 Å². The number of hydrogen-bond acceptors (Lipinski definition) is 4. The molecule has 0 radical (unpaired) electrons. The van der Waals surface area contributed by atoms with E-state index in [1.54, 1.807) is 6.07 Å². The number of para-hydroxylation sites is 2. The highest BCUT2D eigenvalue weighted by atomic mass is 16.1. The molecule has 31 heavy (non-hydrogen) atoms. The van der Waals surface area contributed by atoms with Crippen LogP contribution in [-0.4, -0.2) is 52.2 Å². The minimum Gasteiger partial charge on any atom is -0.351 e. The van der Waals surface area contributed by atoms with Crippen LogP contribution in [0.1, 0.15) is 32.3 Å². The summed E-state index contributed by atoms with van der Waals surface area (Å²) in [6.45, 7) is 8.48. The zero-order chi connectivity index (χ0) is 21.6. The largest absolute Gasteiger partial charge is 0.351 e. The summed E-state index contributed by atoms with van der Waals surface area (Å²) in [5.41, 5.74) is 3.28. The van der Waals surface area contributed by atoms with E-state index in [4.69, 9.17) is 9.98 Å². The minimum absolute atomic E-state index is 0.140. The summed E-state index contributed by atoms with van der Waals surface area (Å²) in [7, 11) is 0. The molecule has 0 saturated heterocycles. The fraction of sp³-hybridized carbons (Fsp3) is 0.320. The second-order valence-corrected chi connectivity index (χ2v) is 7.66. The van der Waals surface area contributed by atoms with Gasteiger partial charge in [-0.2, -0.15) is 0 Å². The molecule has 0 aliphatic rings. The molecule has 2 N–H and O–H groups in total. The van der Waals surface area contributed by atoms with E-state index < -0.39 is 0 Å². The van der Waals surface area contributed by atoms with Crippen molar-refractivity contribution in [3.8, 4) is 11.5 Å². The first kappa shape index (κ1) is 21.0. The second kappa shape index (κ2) is 9.71. The van der Waals surface area contributed by atoms with E-state index in [-0.39, 0.29) is 5.56 Å². The van der Waals surface area contributed by atoms with E-state index in [9.17, 15) is 4.79 Å². The Hall–Kier alpha value is -3.25. The van der Waals surface area contributed by atoms with Gasteiger partial charge in [-0.1, -0.05) is 44.2 Å². The molecular weight excluding hydrogens is 386 g/mol. The molecule has 0 fully saturated rings. The molecule has 0 bridgehead atoms. The average molecular weight is 416 g/mol. The van der Waals surface area contributed by atoms with Crippen LogP contribution >= 0.6 is 0 Å². The zero-order valence-corrected chi connectivity index (χ0v) is 18.2. The third-order valence-corrected chi connectivity index (χ3v) is 5.72. The smallest absolute Gasteiger partial charge is 0.259 e. The lowest BCUT2D eigenvalue weighted by molar-refractivity contribution is 0.298. The van der Waals surface area contributed by atoms with Crippen molar-refractivity contribution in [1.29, 1.82) is 0 Å². The third-order valence-electron chi connectivity index (χ3n) is 5.72. The molecule has 160 valence electrons. The summed E-state index contributed by atoms with van der Waals surface area (Å²) in [5.74, 6) is 0.530. The molecule has 0 unspecified atom stereocenters. The topological polar surface area (TPSA) is 77.1 Å². The van der Waals surface area contributed by atoms with E-state index in [1.165, 1.54) is 0 Å². The van der Waals surface area contributed by atoms with Gasteiger partial charge in [0.1, 0.15) is 0 Å². The monoisotopic (exact) mass is 415 g/mol. The Morgan fingerprint density at radius 3 is 2.52 bits per heavy atom. The fourth-order valence-corrected chi connectivity index (χ4v) is 3.92. The predicted molar refractivity (Wildman–Crippen MR) is 129 cm³/mol. The zero-order valence-electron chi connectivity index (χ0n) is 18.2. The Morgan fingerprint density at radius 1 is 0.968 bits per heavy atom. The van der Waals surface area contributed by atoms with Crippen molar-refractivity contribution in [2.24, 2.45) is 4.99 Å². The van der Waals surface area contributed by atoms with Crippen molar-refractivity contribution in [1.82, 2.24) is 19.9 Å². The number of aromatic amines is 2. The normalized spacial score (nSPS) is 12.0. The first-order chi connectivity index (χ1) is 15.2. The van der Waals surface area contributed by atoms with Crippen LogP contribution in [0.15, 0.2) is 58.3 Å². The van der Waals surface area contributed by atoms with E-state index in [0.717, 1.165) is 61.2 Å². The lowest BCUT2D eigenvalue weighted by Crippen LogP contribution is -2.23. The molecule has 6 nitrogen and oxygen atoms in total. The first-order valence-electron chi connectivity index (χ1n) is 11.0. The molecule has 4 aromatic rings. The highest BCUT2D eigenvalue weighted by Crippen LogP contribution is 2.27. The van der Waals surface area contributed by atoms with E-state index in [1.807, 2.05) is 42.6 Å². The number of aliphatic imine (C=N–C) groups is 1. The summed E-state index contributed by atoms with van der Waals surface area (Å²) in [4.78, 5) is 30.8. The van der Waals surface area contributed by atoms with Crippen LogP contribution < -0.4 is 5.56 Å². The van der Waals surface area contributed by atoms with Gasteiger partial charge >= 0.3 is 0 Å². The van der Waals surface area contributed by atoms with Crippen LogP contribution in [0.25, 0.3) is 33.3 Å². The summed E-state index contributed by atoms with van der Waals surface area (Å²) in [5, 5.41) is 1.66. The average Bonchev–Trinajstić information content (AvgIpc) is 3.17. The number of nitrogens with one attached hydrogen (secondary N) is 2. The van der Waals surface area contributed by atoms with Gasteiger partial charge in [0.2, 0.25) is 0 Å². The van der Waals surface area contributed by atoms with Crippen LogP contribution in [0.2, 0.25) is 0 Å². The van der Waals surface area contributed by atoms with Crippen molar-refractivity contribution in [3.05, 3.63) is 64.4 Å². The molecule has 2 aromatic heterocycles. The predicted octanol–water partition coefficient (Wildman–Crippen LogP) is 4.61. The summed E-state index contributed by atoms with van der Waals surface area (Å²) in [6, 6.07) is 15.5. The van der Waals surface area contributed by atoms with Gasteiger partial charge in [0, 0.05) is 29.2 Å². The number of unbranched alkanes of at least 4 members (excludes halogenated alkanes) is 1. The van der Waals surface area contributed by atoms with Crippen LogP contribution in [0, 0.1) is 0 Å². The highest BCUT2D eigenvalue weighted by molar-refractivity contribution is 6.05. The fourth-order valence-electron chi connectivity index (χ4n) is 3.92. The maximum atomic E-state index is 12.6. The molecule has 0 amide bonds. The van der Waals surface area contributed by atoms with Gasteiger partial charge in [-0.3, -0.25) is 9.79 Å². The number of H-pyrrole nitrogens is 2. The molecule has 4 rings (SSSR count). The Kier molecular flexibility index (Phi) is 6.57. The van der Waals surface area contributed by atoms with E-state index in [0.29, 0.717) is 16.7 Å². The van der Waals surface area contributed by atoms with Crippen molar-refractivity contribution in [2.75, 3.05) is 26.2 Å². The number of aromatic nitrogens is 3. The van der Waals surface area contributed by atoms with Gasteiger partial charge < -0.3 is 14.9 Å². The third kappa shape index (κ3) is 4.59. The summed E-state index contributed by atoms with van der Waals surface area (Å²) >= 11 is 0. The lowest BCUT2D eigenvalue weighted by Gasteiger charge is -2.16. The highest BCUT2D eigenvalue weighted by Gasteiger charge is 2.14. The Morgan fingerprint density at radius 2 is 1.71 bits per heavy atom. The van der Waals surface area contributed by atoms with E-state index in [2.05, 4.69) is 34.8 Å². The molecule has 0 spiro atoms. The van der Waals surface area contributed by atoms with E-state index >= 15 is 0 Å². The molecule has 2 aromatic carbocycles. The molecule has 2 heterocycles. The maximum absolute atomic E-state index is 12.6. The molecule has 6 heteroatoms. The summed E-state index contributed by atoms with van der Waals surface area (Å²) < 4.78 is 0. The first-order valence-corrected chi connectivity index (χ1v) is 11.0. The quantitative estimate of drug-likeness (QED) is 0.309. The number of nitrogens with zero attached hydrogens (tertiary/aromatic N) is 3. The molecular formula is C25H29N5O. The Bertz CT molecular complexity index is 1250. The van der Waals surface area contributed by atoms with Crippen LogP contribution in [0.3, 0.4) is 0 Å². The van der Waals surface area contributed by atoms with Crippen LogP contribution in [0.5, 0.6) is 0 Å². The van der Waals surface area contributed by atoms with Crippen molar-refractivity contribution >= 4 is 28.0 Å².